The topological polar surface area (TPSA) is 41.9 Å². The molecule has 0 spiro atoms. The zero-order valence-electron chi connectivity index (χ0n) is 12.7. The molecule has 0 aliphatic carbocycles. The Morgan fingerprint density at radius 1 is 1.52 bits per heavy atom. The molecule has 2 unspecified atom stereocenters. The maximum Gasteiger partial charge on any atom is 0.132 e. The summed E-state index contributed by atoms with van der Waals surface area (Å²) in [5.41, 5.74) is 0.249. The molecule has 1 N–H and O–H groups in total. The zero-order valence-corrected chi connectivity index (χ0v) is 12.7. The molecule has 1 fully saturated rings. The van der Waals surface area contributed by atoms with Crippen molar-refractivity contribution in [2.45, 2.75) is 32.0 Å². The molecular formula is C16H24FNO3. The van der Waals surface area contributed by atoms with Gasteiger partial charge in [-0.25, -0.2) is 4.39 Å². The summed E-state index contributed by atoms with van der Waals surface area (Å²) >= 11 is 0. The smallest absolute Gasteiger partial charge is 0.132 e. The van der Waals surface area contributed by atoms with Crippen LogP contribution < -0.4 is 4.74 Å². The summed E-state index contributed by atoms with van der Waals surface area (Å²) < 4.78 is 24.6. The van der Waals surface area contributed by atoms with Crippen molar-refractivity contribution in [3.63, 3.8) is 0 Å². The largest absolute Gasteiger partial charge is 0.496 e. The minimum absolute atomic E-state index is 0.202. The lowest BCUT2D eigenvalue weighted by atomic mass is 10.0. The van der Waals surface area contributed by atoms with Gasteiger partial charge < -0.3 is 19.5 Å². The van der Waals surface area contributed by atoms with Crippen molar-refractivity contribution in [1.29, 1.82) is 0 Å². The third-order valence-corrected chi connectivity index (χ3v) is 3.82. The van der Waals surface area contributed by atoms with Gasteiger partial charge in [0.2, 0.25) is 0 Å². The number of rotatable bonds is 5. The fraction of sp³-hybridized carbons (Fsp3) is 0.625. The molecule has 1 heterocycles. The normalized spacial score (nSPS) is 21.8. The summed E-state index contributed by atoms with van der Waals surface area (Å²) in [5.74, 6) is -0.0236. The quantitative estimate of drug-likeness (QED) is 0.906. The van der Waals surface area contributed by atoms with Crippen molar-refractivity contribution >= 4 is 0 Å². The van der Waals surface area contributed by atoms with Crippen molar-refractivity contribution in [3.8, 4) is 5.75 Å². The minimum atomic E-state index is -0.861. The predicted molar refractivity (Wildman–Crippen MR) is 79.0 cm³/mol. The Bertz CT molecular complexity index is 455. The van der Waals surface area contributed by atoms with Crippen molar-refractivity contribution in [2.75, 3.05) is 33.4 Å². The van der Waals surface area contributed by atoms with E-state index in [9.17, 15) is 9.50 Å². The Morgan fingerprint density at radius 3 is 3.10 bits per heavy atom. The zero-order chi connectivity index (χ0) is 15.2. The molecule has 5 heteroatoms. The van der Waals surface area contributed by atoms with Gasteiger partial charge in [-0.1, -0.05) is 6.07 Å². The van der Waals surface area contributed by atoms with Gasteiger partial charge in [0.15, 0.2) is 0 Å². The van der Waals surface area contributed by atoms with Crippen LogP contribution in [0.5, 0.6) is 5.75 Å². The fourth-order valence-electron chi connectivity index (χ4n) is 2.75. The van der Waals surface area contributed by atoms with Gasteiger partial charge in [0.1, 0.15) is 11.6 Å². The Balaban J connectivity index is 1.96. The molecule has 0 bridgehead atoms. The van der Waals surface area contributed by atoms with E-state index in [0.717, 1.165) is 26.1 Å². The summed E-state index contributed by atoms with van der Waals surface area (Å²) in [6, 6.07) is 4.60. The SMILES string of the molecule is COc1cccc(F)c1C(O)CCN1CCCOC(C)C1. The third-order valence-electron chi connectivity index (χ3n) is 3.82. The van der Waals surface area contributed by atoms with E-state index in [1.54, 1.807) is 12.1 Å². The summed E-state index contributed by atoms with van der Waals surface area (Å²) in [7, 11) is 1.48. The van der Waals surface area contributed by atoms with E-state index in [-0.39, 0.29) is 11.7 Å². The summed E-state index contributed by atoms with van der Waals surface area (Å²) in [6.45, 7) is 5.34. The lowest BCUT2D eigenvalue weighted by molar-refractivity contribution is 0.0641. The Morgan fingerprint density at radius 2 is 2.33 bits per heavy atom. The molecule has 2 atom stereocenters. The first kappa shape index (κ1) is 16.2. The average molecular weight is 297 g/mol. The van der Waals surface area contributed by atoms with E-state index in [2.05, 4.69) is 11.8 Å². The van der Waals surface area contributed by atoms with Crippen LogP contribution in [0, 0.1) is 5.82 Å². The van der Waals surface area contributed by atoms with Crippen LogP contribution in [-0.2, 0) is 4.74 Å². The monoisotopic (exact) mass is 297 g/mol. The molecule has 4 nitrogen and oxygen atoms in total. The van der Waals surface area contributed by atoms with Crippen LogP contribution in [0.15, 0.2) is 18.2 Å². The van der Waals surface area contributed by atoms with E-state index in [1.165, 1.54) is 13.2 Å². The first-order valence-corrected chi connectivity index (χ1v) is 7.46. The van der Waals surface area contributed by atoms with Crippen LogP contribution in [0.25, 0.3) is 0 Å². The maximum absolute atomic E-state index is 13.9. The lowest BCUT2D eigenvalue weighted by Gasteiger charge is -2.23. The van der Waals surface area contributed by atoms with Crippen molar-refractivity contribution < 1.29 is 19.0 Å². The lowest BCUT2D eigenvalue weighted by Crippen LogP contribution is -2.32. The molecule has 0 amide bonds. The Kier molecular flexibility index (Phi) is 5.96. The molecule has 1 aliphatic heterocycles. The Labute approximate surface area is 125 Å². The average Bonchev–Trinajstić information content (AvgIpc) is 2.68. The van der Waals surface area contributed by atoms with Crippen LogP contribution in [-0.4, -0.2) is 49.5 Å². The van der Waals surface area contributed by atoms with Crippen LogP contribution >= 0.6 is 0 Å². The molecule has 0 radical (unpaired) electrons. The van der Waals surface area contributed by atoms with Gasteiger partial charge in [0.05, 0.1) is 24.9 Å². The number of benzene rings is 1. The van der Waals surface area contributed by atoms with Gasteiger partial charge in [-0.3, -0.25) is 0 Å². The number of aliphatic hydroxyl groups is 1. The molecule has 1 aliphatic rings. The molecule has 118 valence electrons. The summed E-state index contributed by atoms with van der Waals surface area (Å²) in [5, 5.41) is 10.3. The predicted octanol–water partition coefficient (Wildman–Crippen LogP) is 2.37. The molecule has 0 saturated carbocycles. The molecule has 0 aromatic heterocycles. The molecular weight excluding hydrogens is 273 g/mol. The minimum Gasteiger partial charge on any atom is -0.496 e. The summed E-state index contributed by atoms with van der Waals surface area (Å²) in [4.78, 5) is 2.26. The first-order valence-electron chi connectivity index (χ1n) is 7.46. The fourth-order valence-corrected chi connectivity index (χ4v) is 2.75. The number of methoxy groups -OCH3 is 1. The van der Waals surface area contributed by atoms with Gasteiger partial charge >= 0.3 is 0 Å². The number of halogens is 1. The van der Waals surface area contributed by atoms with Crippen molar-refractivity contribution in [1.82, 2.24) is 4.90 Å². The van der Waals surface area contributed by atoms with E-state index in [4.69, 9.17) is 9.47 Å². The Hall–Kier alpha value is -1.17. The second-order valence-corrected chi connectivity index (χ2v) is 5.50. The summed E-state index contributed by atoms with van der Waals surface area (Å²) in [6.07, 6.45) is 0.807. The molecule has 21 heavy (non-hydrogen) atoms. The highest BCUT2D eigenvalue weighted by atomic mass is 19.1. The van der Waals surface area contributed by atoms with E-state index in [1.807, 2.05) is 0 Å². The van der Waals surface area contributed by atoms with Gasteiger partial charge in [-0.05, 0) is 31.9 Å². The second-order valence-electron chi connectivity index (χ2n) is 5.50. The number of hydrogen-bond donors (Lipinski definition) is 1. The van der Waals surface area contributed by atoms with E-state index < -0.39 is 11.9 Å². The highest BCUT2D eigenvalue weighted by molar-refractivity contribution is 5.36. The highest BCUT2D eigenvalue weighted by Crippen LogP contribution is 2.29. The van der Waals surface area contributed by atoms with E-state index >= 15 is 0 Å². The number of ether oxygens (including phenoxy) is 2. The highest BCUT2D eigenvalue weighted by Gasteiger charge is 2.20. The van der Waals surface area contributed by atoms with E-state index in [0.29, 0.717) is 18.7 Å². The van der Waals surface area contributed by atoms with Crippen LogP contribution in [0.4, 0.5) is 4.39 Å². The number of nitrogens with zero attached hydrogens (tertiary/aromatic N) is 1. The van der Waals surface area contributed by atoms with Gasteiger partial charge in [-0.15, -0.1) is 0 Å². The third kappa shape index (κ3) is 4.40. The van der Waals surface area contributed by atoms with Gasteiger partial charge in [0, 0.05) is 26.2 Å². The molecule has 1 aromatic carbocycles. The number of hydrogen-bond acceptors (Lipinski definition) is 4. The van der Waals surface area contributed by atoms with Crippen LogP contribution in [0.2, 0.25) is 0 Å². The van der Waals surface area contributed by atoms with Crippen LogP contribution in [0.3, 0.4) is 0 Å². The van der Waals surface area contributed by atoms with Crippen molar-refractivity contribution in [2.24, 2.45) is 0 Å². The van der Waals surface area contributed by atoms with Crippen molar-refractivity contribution in [3.05, 3.63) is 29.6 Å². The number of aliphatic hydroxyl groups excluding tert-OH is 1. The maximum atomic E-state index is 13.9. The second kappa shape index (κ2) is 7.73. The molecule has 1 saturated heterocycles. The molecule has 2 rings (SSSR count). The van der Waals surface area contributed by atoms with Gasteiger partial charge in [0.25, 0.3) is 0 Å². The first-order chi connectivity index (χ1) is 10.1. The standard InChI is InChI=1S/C16H24FNO3/c1-12-11-18(8-4-10-21-12)9-7-14(19)16-13(17)5-3-6-15(16)20-2/h3,5-6,12,14,19H,4,7-11H2,1-2H3. The van der Waals surface area contributed by atoms with Crippen LogP contribution in [0.1, 0.15) is 31.4 Å². The molecule has 1 aromatic rings. The van der Waals surface area contributed by atoms with Gasteiger partial charge in [-0.2, -0.15) is 0 Å².